The zero-order chi connectivity index (χ0) is 20.6. The van der Waals surface area contributed by atoms with E-state index in [9.17, 15) is 9.59 Å². The van der Waals surface area contributed by atoms with Crippen molar-refractivity contribution in [2.24, 2.45) is 0 Å². The number of amides is 1. The summed E-state index contributed by atoms with van der Waals surface area (Å²) in [5, 5.41) is 4.01. The molecule has 0 aliphatic rings. The summed E-state index contributed by atoms with van der Waals surface area (Å²) in [6, 6.07) is 15.1. The van der Waals surface area contributed by atoms with Crippen LogP contribution in [0, 0.1) is 6.92 Å². The molecule has 0 spiro atoms. The van der Waals surface area contributed by atoms with Crippen molar-refractivity contribution in [3.63, 3.8) is 0 Å². The first-order valence-electron chi connectivity index (χ1n) is 9.67. The molecule has 1 aromatic heterocycles. The standard InChI is InChI=1S/C22H25N3O3S/c1-3-12-25-21(27)18-9-4-5-10-19(18)24-22(25)29-15-20(26)23-11-13-28-17-8-6-7-16(2)14-17/h4-10,14H,3,11-13,15H2,1-2H3,(H,23,26). The summed E-state index contributed by atoms with van der Waals surface area (Å²) in [4.78, 5) is 29.5. The van der Waals surface area contributed by atoms with Gasteiger partial charge in [-0.25, -0.2) is 4.98 Å². The molecule has 0 saturated carbocycles. The molecule has 3 aromatic rings. The number of hydrogen-bond donors (Lipinski definition) is 1. The van der Waals surface area contributed by atoms with E-state index in [1.54, 1.807) is 10.6 Å². The van der Waals surface area contributed by atoms with Crippen molar-refractivity contribution in [2.75, 3.05) is 18.9 Å². The van der Waals surface area contributed by atoms with Crippen LogP contribution in [-0.4, -0.2) is 34.4 Å². The lowest BCUT2D eigenvalue weighted by Gasteiger charge is -2.12. The Labute approximate surface area is 174 Å². The Morgan fingerprint density at radius 3 is 2.83 bits per heavy atom. The van der Waals surface area contributed by atoms with E-state index >= 15 is 0 Å². The molecule has 0 atom stereocenters. The van der Waals surface area contributed by atoms with Crippen molar-refractivity contribution in [1.29, 1.82) is 0 Å². The number of fused-ring (bicyclic) bond motifs is 1. The van der Waals surface area contributed by atoms with Crippen LogP contribution in [0.2, 0.25) is 0 Å². The lowest BCUT2D eigenvalue weighted by atomic mass is 10.2. The summed E-state index contributed by atoms with van der Waals surface area (Å²) in [6.07, 6.45) is 0.815. The van der Waals surface area contributed by atoms with E-state index < -0.39 is 0 Å². The SMILES string of the molecule is CCCn1c(SCC(=O)NCCOc2cccc(C)c2)nc2ccccc2c1=O. The quantitative estimate of drug-likeness (QED) is 0.332. The summed E-state index contributed by atoms with van der Waals surface area (Å²) in [5.41, 5.74) is 1.72. The van der Waals surface area contributed by atoms with Crippen LogP contribution in [0.5, 0.6) is 5.75 Å². The number of carbonyl (C=O) groups is 1. The highest BCUT2D eigenvalue weighted by atomic mass is 32.2. The number of nitrogens with zero attached hydrogens (tertiary/aromatic N) is 2. The maximum atomic E-state index is 12.7. The van der Waals surface area contributed by atoms with Gasteiger partial charge in [0.05, 0.1) is 23.2 Å². The fraction of sp³-hybridized carbons (Fsp3) is 0.318. The van der Waals surface area contributed by atoms with Crippen molar-refractivity contribution in [3.8, 4) is 5.75 Å². The zero-order valence-corrected chi connectivity index (χ0v) is 17.5. The number of para-hydroxylation sites is 1. The molecule has 29 heavy (non-hydrogen) atoms. The smallest absolute Gasteiger partial charge is 0.262 e. The molecule has 6 nitrogen and oxygen atoms in total. The van der Waals surface area contributed by atoms with Gasteiger partial charge in [0.2, 0.25) is 5.91 Å². The number of aryl methyl sites for hydroxylation is 1. The fourth-order valence-electron chi connectivity index (χ4n) is 2.92. The second-order valence-corrected chi connectivity index (χ2v) is 7.61. The second kappa shape index (κ2) is 10.1. The molecule has 1 heterocycles. The van der Waals surface area contributed by atoms with Crippen LogP contribution in [0.3, 0.4) is 0 Å². The first-order chi connectivity index (χ1) is 14.1. The van der Waals surface area contributed by atoms with Gasteiger partial charge in [-0.3, -0.25) is 14.2 Å². The molecule has 0 aliphatic carbocycles. The van der Waals surface area contributed by atoms with E-state index in [4.69, 9.17) is 4.74 Å². The molecule has 0 fully saturated rings. The first-order valence-corrected chi connectivity index (χ1v) is 10.7. The Balaban J connectivity index is 1.56. The molecule has 0 aliphatic heterocycles. The normalized spacial score (nSPS) is 10.8. The van der Waals surface area contributed by atoms with Gasteiger partial charge in [-0.05, 0) is 43.2 Å². The van der Waals surface area contributed by atoms with Crippen LogP contribution in [-0.2, 0) is 11.3 Å². The summed E-state index contributed by atoms with van der Waals surface area (Å²) in [5.74, 6) is 0.865. The van der Waals surface area contributed by atoms with Gasteiger partial charge in [0.25, 0.3) is 5.56 Å². The van der Waals surface area contributed by atoms with Crippen molar-refractivity contribution < 1.29 is 9.53 Å². The predicted octanol–water partition coefficient (Wildman–Crippen LogP) is 3.40. The second-order valence-electron chi connectivity index (χ2n) is 6.67. The van der Waals surface area contributed by atoms with Gasteiger partial charge < -0.3 is 10.1 Å². The molecule has 0 bridgehead atoms. The highest BCUT2D eigenvalue weighted by molar-refractivity contribution is 7.99. The zero-order valence-electron chi connectivity index (χ0n) is 16.7. The van der Waals surface area contributed by atoms with E-state index in [0.29, 0.717) is 35.8 Å². The summed E-state index contributed by atoms with van der Waals surface area (Å²) in [7, 11) is 0. The van der Waals surface area contributed by atoms with Gasteiger partial charge in [0.1, 0.15) is 12.4 Å². The molecule has 1 amide bonds. The largest absolute Gasteiger partial charge is 0.492 e. The summed E-state index contributed by atoms with van der Waals surface area (Å²) >= 11 is 1.28. The number of hydrogen-bond acceptors (Lipinski definition) is 5. The average Bonchev–Trinajstić information content (AvgIpc) is 2.72. The number of nitrogens with one attached hydrogen (secondary N) is 1. The van der Waals surface area contributed by atoms with Crippen molar-refractivity contribution in [1.82, 2.24) is 14.9 Å². The highest BCUT2D eigenvalue weighted by Crippen LogP contribution is 2.18. The van der Waals surface area contributed by atoms with Gasteiger partial charge >= 0.3 is 0 Å². The number of rotatable bonds is 9. The van der Waals surface area contributed by atoms with Crippen LogP contribution in [0.25, 0.3) is 10.9 Å². The van der Waals surface area contributed by atoms with Crippen LogP contribution in [0.4, 0.5) is 0 Å². The Bertz CT molecular complexity index is 1050. The molecule has 0 radical (unpaired) electrons. The lowest BCUT2D eigenvalue weighted by Crippen LogP contribution is -2.30. The minimum absolute atomic E-state index is 0.0630. The molecule has 152 valence electrons. The molecular weight excluding hydrogens is 386 g/mol. The third-order valence-electron chi connectivity index (χ3n) is 4.29. The van der Waals surface area contributed by atoms with Crippen molar-refractivity contribution >= 4 is 28.6 Å². The summed E-state index contributed by atoms with van der Waals surface area (Å²) in [6.45, 7) is 5.40. The molecule has 3 rings (SSSR count). The number of ether oxygens (including phenoxy) is 1. The molecular formula is C22H25N3O3S. The Kier molecular flexibility index (Phi) is 7.30. The topological polar surface area (TPSA) is 73.2 Å². The third-order valence-corrected chi connectivity index (χ3v) is 5.27. The third kappa shape index (κ3) is 5.60. The van der Waals surface area contributed by atoms with E-state index in [1.807, 2.05) is 56.3 Å². The Morgan fingerprint density at radius 1 is 1.21 bits per heavy atom. The van der Waals surface area contributed by atoms with Crippen LogP contribution in [0.1, 0.15) is 18.9 Å². The summed E-state index contributed by atoms with van der Waals surface area (Å²) < 4.78 is 7.29. The molecule has 1 N–H and O–H groups in total. The van der Waals surface area contributed by atoms with Crippen LogP contribution >= 0.6 is 11.8 Å². The monoisotopic (exact) mass is 411 g/mol. The minimum Gasteiger partial charge on any atom is -0.492 e. The van der Waals surface area contributed by atoms with Gasteiger partial charge in [0.15, 0.2) is 5.16 Å². The van der Waals surface area contributed by atoms with Crippen LogP contribution < -0.4 is 15.6 Å². The van der Waals surface area contributed by atoms with E-state index in [0.717, 1.165) is 17.7 Å². The predicted molar refractivity (Wildman–Crippen MR) is 117 cm³/mol. The number of benzene rings is 2. The lowest BCUT2D eigenvalue weighted by molar-refractivity contribution is -0.118. The van der Waals surface area contributed by atoms with E-state index in [-0.39, 0.29) is 17.2 Å². The van der Waals surface area contributed by atoms with Crippen molar-refractivity contribution in [3.05, 3.63) is 64.4 Å². The number of carbonyl (C=O) groups excluding carboxylic acids is 1. The van der Waals surface area contributed by atoms with Crippen LogP contribution in [0.15, 0.2) is 58.5 Å². The fourth-order valence-corrected chi connectivity index (χ4v) is 3.78. The van der Waals surface area contributed by atoms with Crippen molar-refractivity contribution in [2.45, 2.75) is 32.0 Å². The number of aromatic nitrogens is 2. The average molecular weight is 412 g/mol. The molecule has 2 aromatic carbocycles. The number of thioether (sulfide) groups is 1. The first kappa shape index (κ1) is 20.9. The van der Waals surface area contributed by atoms with Gasteiger partial charge in [-0.2, -0.15) is 0 Å². The van der Waals surface area contributed by atoms with Gasteiger partial charge in [-0.15, -0.1) is 0 Å². The maximum absolute atomic E-state index is 12.7. The minimum atomic E-state index is -0.117. The Morgan fingerprint density at radius 2 is 2.03 bits per heavy atom. The van der Waals surface area contributed by atoms with E-state index in [2.05, 4.69) is 10.3 Å². The molecule has 7 heteroatoms. The van der Waals surface area contributed by atoms with Gasteiger partial charge in [0, 0.05) is 6.54 Å². The van der Waals surface area contributed by atoms with E-state index in [1.165, 1.54) is 11.8 Å². The molecule has 0 saturated heterocycles. The van der Waals surface area contributed by atoms with Gasteiger partial charge in [-0.1, -0.05) is 43.0 Å². The Hall–Kier alpha value is -2.80. The molecule has 0 unspecified atom stereocenters. The maximum Gasteiger partial charge on any atom is 0.262 e. The highest BCUT2D eigenvalue weighted by Gasteiger charge is 2.12.